The van der Waals surface area contributed by atoms with E-state index in [1.54, 1.807) is 6.20 Å². The minimum Gasteiger partial charge on any atom is -0.342 e. The van der Waals surface area contributed by atoms with Crippen LogP contribution in [-0.4, -0.2) is 34.1 Å². The van der Waals surface area contributed by atoms with Crippen LogP contribution in [0.5, 0.6) is 0 Å². The van der Waals surface area contributed by atoms with Crippen LogP contribution in [0.15, 0.2) is 27.8 Å². The summed E-state index contributed by atoms with van der Waals surface area (Å²) >= 11 is 4.97. The molecule has 0 spiro atoms. The highest BCUT2D eigenvalue weighted by Crippen LogP contribution is 2.29. The van der Waals surface area contributed by atoms with E-state index in [1.807, 2.05) is 24.0 Å². The zero-order chi connectivity index (χ0) is 12.3. The van der Waals surface area contributed by atoms with E-state index in [0.717, 1.165) is 35.4 Å². The average Bonchev–Trinajstić information content (AvgIpc) is 2.84. The van der Waals surface area contributed by atoms with Crippen LogP contribution in [0.4, 0.5) is 0 Å². The molecule has 0 unspecified atom stereocenters. The molecule has 92 valence electrons. The second-order valence-electron chi connectivity index (χ2n) is 4.08. The van der Waals surface area contributed by atoms with Crippen molar-refractivity contribution in [2.75, 3.05) is 13.1 Å². The van der Waals surface area contributed by atoms with Crippen molar-refractivity contribution in [1.29, 1.82) is 0 Å². The van der Waals surface area contributed by atoms with Gasteiger partial charge in [0.15, 0.2) is 0 Å². The molecule has 0 bridgehead atoms. The Balaban J connectivity index is 1.99. The van der Waals surface area contributed by atoms with Gasteiger partial charge < -0.3 is 4.90 Å². The second-order valence-corrected chi connectivity index (χ2v) is 6.27. The first-order valence-electron chi connectivity index (χ1n) is 5.74. The Hall–Kier alpha value is -0.550. The summed E-state index contributed by atoms with van der Waals surface area (Å²) in [5.41, 5.74) is 0. The molecule has 2 heterocycles. The zero-order valence-corrected chi connectivity index (χ0v) is 12.1. The van der Waals surface area contributed by atoms with Crippen molar-refractivity contribution < 1.29 is 4.79 Å². The van der Waals surface area contributed by atoms with Crippen molar-refractivity contribution >= 4 is 33.6 Å². The fourth-order valence-corrected chi connectivity index (χ4v) is 3.29. The van der Waals surface area contributed by atoms with Crippen LogP contribution in [0.2, 0.25) is 0 Å². The molecule has 5 heteroatoms. The lowest BCUT2D eigenvalue weighted by atomic mass is 10.4. The largest absolute Gasteiger partial charge is 0.342 e. The Morgan fingerprint density at radius 3 is 2.88 bits per heavy atom. The molecule has 1 aromatic heterocycles. The first-order chi connectivity index (χ1) is 8.18. The molecule has 1 aliphatic rings. The topological polar surface area (TPSA) is 33.2 Å². The Labute approximate surface area is 114 Å². The number of amides is 1. The Morgan fingerprint density at radius 2 is 2.24 bits per heavy atom. The lowest BCUT2D eigenvalue weighted by Gasteiger charge is -2.19. The quantitative estimate of drug-likeness (QED) is 0.804. The summed E-state index contributed by atoms with van der Waals surface area (Å²) in [6.45, 7) is 3.77. The van der Waals surface area contributed by atoms with E-state index < -0.39 is 0 Å². The number of pyridine rings is 1. The molecule has 0 N–H and O–H groups in total. The van der Waals surface area contributed by atoms with Crippen LogP contribution in [0.1, 0.15) is 19.8 Å². The summed E-state index contributed by atoms with van der Waals surface area (Å²) in [7, 11) is 0. The molecule has 0 radical (unpaired) electrons. The third-order valence-electron chi connectivity index (χ3n) is 2.78. The molecule has 1 aromatic rings. The minimum atomic E-state index is -0.0701. The summed E-state index contributed by atoms with van der Waals surface area (Å²) in [6.07, 6.45) is 4.02. The normalized spacial score (nSPS) is 17.2. The van der Waals surface area contributed by atoms with Gasteiger partial charge >= 0.3 is 0 Å². The molecular weight excluding hydrogens is 300 g/mol. The second kappa shape index (κ2) is 5.87. The van der Waals surface area contributed by atoms with E-state index >= 15 is 0 Å². The van der Waals surface area contributed by atoms with Crippen LogP contribution in [-0.2, 0) is 4.79 Å². The Kier molecular flexibility index (Phi) is 4.45. The van der Waals surface area contributed by atoms with Crippen molar-refractivity contribution in [2.24, 2.45) is 0 Å². The number of aromatic nitrogens is 1. The first kappa shape index (κ1) is 12.9. The van der Waals surface area contributed by atoms with Gasteiger partial charge in [0.1, 0.15) is 5.03 Å². The van der Waals surface area contributed by atoms with Crippen LogP contribution >= 0.6 is 27.7 Å². The van der Waals surface area contributed by atoms with Crippen LogP contribution in [0.25, 0.3) is 0 Å². The Bertz CT molecular complexity index is 407. The van der Waals surface area contributed by atoms with Crippen molar-refractivity contribution in [3.63, 3.8) is 0 Å². The van der Waals surface area contributed by atoms with E-state index in [9.17, 15) is 4.79 Å². The van der Waals surface area contributed by atoms with Crippen molar-refractivity contribution in [3.05, 3.63) is 22.8 Å². The van der Waals surface area contributed by atoms with E-state index in [4.69, 9.17) is 0 Å². The predicted octanol–water partition coefficient (Wildman–Crippen LogP) is 2.95. The molecule has 0 aliphatic carbocycles. The number of carbonyl (C=O) groups is 1. The van der Waals surface area contributed by atoms with Gasteiger partial charge in [-0.25, -0.2) is 4.98 Å². The lowest BCUT2D eigenvalue weighted by molar-refractivity contribution is -0.129. The highest BCUT2D eigenvalue weighted by atomic mass is 79.9. The molecule has 17 heavy (non-hydrogen) atoms. The molecule has 1 atom stereocenters. The van der Waals surface area contributed by atoms with E-state index in [0.29, 0.717) is 0 Å². The van der Waals surface area contributed by atoms with Gasteiger partial charge in [-0.3, -0.25) is 4.79 Å². The Morgan fingerprint density at radius 1 is 1.53 bits per heavy atom. The van der Waals surface area contributed by atoms with Gasteiger partial charge in [-0.1, -0.05) is 11.8 Å². The SMILES string of the molecule is C[C@H](Sc1ncccc1Br)C(=O)N1CCCC1. The molecule has 1 aliphatic heterocycles. The number of halogens is 1. The van der Waals surface area contributed by atoms with E-state index in [1.165, 1.54) is 11.8 Å². The molecule has 0 aromatic carbocycles. The van der Waals surface area contributed by atoms with Gasteiger partial charge in [-0.15, -0.1) is 0 Å². The van der Waals surface area contributed by atoms with Crippen molar-refractivity contribution in [1.82, 2.24) is 9.88 Å². The van der Waals surface area contributed by atoms with Gasteiger partial charge in [-0.2, -0.15) is 0 Å². The summed E-state index contributed by atoms with van der Waals surface area (Å²) in [6, 6.07) is 3.82. The lowest BCUT2D eigenvalue weighted by Crippen LogP contribution is -2.34. The maximum Gasteiger partial charge on any atom is 0.235 e. The molecular formula is C12H15BrN2OS. The van der Waals surface area contributed by atoms with Gasteiger partial charge in [0, 0.05) is 23.8 Å². The monoisotopic (exact) mass is 314 g/mol. The number of likely N-dealkylation sites (tertiary alicyclic amines) is 1. The number of hydrogen-bond acceptors (Lipinski definition) is 3. The zero-order valence-electron chi connectivity index (χ0n) is 9.73. The van der Waals surface area contributed by atoms with E-state index in [2.05, 4.69) is 20.9 Å². The molecule has 3 nitrogen and oxygen atoms in total. The van der Waals surface area contributed by atoms with Crippen molar-refractivity contribution in [3.8, 4) is 0 Å². The summed E-state index contributed by atoms with van der Waals surface area (Å²) in [5, 5.41) is 0.812. The highest BCUT2D eigenvalue weighted by Gasteiger charge is 2.24. The van der Waals surface area contributed by atoms with Crippen LogP contribution in [0.3, 0.4) is 0 Å². The average molecular weight is 315 g/mol. The first-order valence-corrected chi connectivity index (χ1v) is 7.41. The van der Waals surface area contributed by atoms with Crippen LogP contribution in [0, 0.1) is 0 Å². The fraction of sp³-hybridized carbons (Fsp3) is 0.500. The standard InChI is InChI=1S/C12H15BrN2OS/c1-9(12(16)15-7-2-3-8-15)17-11-10(13)5-4-6-14-11/h4-6,9H,2-3,7-8H2,1H3/t9-/m0/s1. The number of carbonyl (C=O) groups excluding carboxylic acids is 1. The number of rotatable bonds is 3. The molecule has 1 fully saturated rings. The third kappa shape index (κ3) is 3.22. The van der Waals surface area contributed by atoms with E-state index in [-0.39, 0.29) is 11.2 Å². The highest BCUT2D eigenvalue weighted by molar-refractivity contribution is 9.10. The van der Waals surface area contributed by atoms with Gasteiger partial charge in [0.25, 0.3) is 0 Å². The molecule has 1 amide bonds. The summed E-state index contributed by atoms with van der Waals surface area (Å²) in [5.74, 6) is 0.227. The smallest absolute Gasteiger partial charge is 0.235 e. The van der Waals surface area contributed by atoms with Gasteiger partial charge in [-0.05, 0) is 47.8 Å². The van der Waals surface area contributed by atoms with Crippen molar-refractivity contribution in [2.45, 2.75) is 30.0 Å². The maximum atomic E-state index is 12.1. The molecule has 0 saturated carbocycles. The van der Waals surface area contributed by atoms with Crippen LogP contribution < -0.4 is 0 Å². The summed E-state index contributed by atoms with van der Waals surface area (Å²) in [4.78, 5) is 18.3. The third-order valence-corrected chi connectivity index (χ3v) is 4.78. The number of thioether (sulfide) groups is 1. The number of hydrogen-bond donors (Lipinski definition) is 0. The molecule has 2 rings (SSSR count). The predicted molar refractivity (Wildman–Crippen MR) is 73.1 cm³/mol. The molecule has 1 saturated heterocycles. The summed E-state index contributed by atoms with van der Waals surface area (Å²) < 4.78 is 0.950. The maximum absolute atomic E-state index is 12.1. The number of nitrogens with zero attached hydrogens (tertiary/aromatic N) is 2. The van der Waals surface area contributed by atoms with Gasteiger partial charge in [0.2, 0.25) is 5.91 Å². The fourth-order valence-electron chi connectivity index (χ4n) is 1.87. The van der Waals surface area contributed by atoms with Gasteiger partial charge in [0.05, 0.1) is 5.25 Å². The minimum absolute atomic E-state index is 0.0701.